The molecule has 0 saturated heterocycles. The van der Waals surface area contributed by atoms with Crippen LogP contribution in [0.5, 0.6) is 0 Å². The van der Waals surface area contributed by atoms with E-state index in [9.17, 15) is 8.42 Å². The monoisotopic (exact) mass is 308 g/mol. The van der Waals surface area contributed by atoms with Gasteiger partial charge in [-0.2, -0.15) is 0 Å². The van der Waals surface area contributed by atoms with E-state index in [0.717, 1.165) is 24.4 Å². The molecule has 2 N–H and O–H groups in total. The molecule has 0 atom stereocenters. The number of sulfonamides is 1. The van der Waals surface area contributed by atoms with Crippen LogP contribution in [0, 0.1) is 0 Å². The smallest absolute Gasteiger partial charge is 0.242 e. The van der Waals surface area contributed by atoms with Crippen LogP contribution in [0.1, 0.15) is 19.2 Å². The number of nitrogens with two attached hydrogens (primary N) is 1. The summed E-state index contributed by atoms with van der Waals surface area (Å²) in [4.78, 5) is 4.49. The van der Waals surface area contributed by atoms with E-state index in [1.807, 2.05) is 10.8 Å². The Bertz CT molecular complexity index is 735. The highest BCUT2D eigenvalue weighted by Crippen LogP contribution is 2.24. The third-order valence-corrected chi connectivity index (χ3v) is 5.04. The first kappa shape index (κ1) is 15.5. The molecular formula is C14H20N4O2S. The lowest BCUT2D eigenvalue weighted by molar-refractivity contribution is 0.521. The second kappa shape index (κ2) is 5.87. The van der Waals surface area contributed by atoms with Gasteiger partial charge < -0.3 is 10.3 Å². The average molecular weight is 308 g/mol. The van der Waals surface area contributed by atoms with Crippen LogP contribution in [0.15, 0.2) is 35.5 Å². The van der Waals surface area contributed by atoms with Crippen molar-refractivity contribution in [1.29, 1.82) is 0 Å². The van der Waals surface area contributed by atoms with Gasteiger partial charge in [-0.25, -0.2) is 17.7 Å². The molecule has 114 valence electrons. The van der Waals surface area contributed by atoms with Crippen molar-refractivity contribution in [3.05, 3.63) is 36.4 Å². The SMILES string of the molecule is CCCc1nccn1-c1ccc(S(=O)(=O)N(C)C)cc1N. The summed E-state index contributed by atoms with van der Waals surface area (Å²) in [6, 6.07) is 4.77. The molecule has 2 rings (SSSR count). The average Bonchev–Trinajstić information content (AvgIpc) is 2.87. The van der Waals surface area contributed by atoms with Crippen molar-refractivity contribution in [2.45, 2.75) is 24.7 Å². The molecule has 2 aromatic rings. The van der Waals surface area contributed by atoms with Crippen LogP contribution in [0.2, 0.25) is 0 Å². The fourth-order valence-electron chi connectivity index (χ4n) is 2.09. The molecule has 0 aliphatic carbocycles. The first-order valence-corrected chi connectivity index (χ1v) is 8.16. The molecule has 0 unspecified atom stereocenters. The van der Waals surface area contributed by atoms with Gasteiger partial charge in [0.25, 0.3) is 0 Å². The third kappa shape index (κ3) is 2.93. The third-order valence-electron chi connectivity index (χ3n) is 3.23. The van der Waals surface area contributed by atoms with Crippen LogP contribution in [-0.2, 0) is 16.4 Å². The van der Waals surface area contributed by atoms with Gasteiger partial charge >= 0.3 is 0 Å². The van der Waals surface area contributed by atoms with Gasteiger partial charge in [-0.15, -0.1) is 0 Å². The highest BCUT2D eigenvalue weighted by atomic mass is 32.2. The van der Waals surface area contributed by atoms with Gasteiger partial charge in [0.2, 0.25) is 10.0 Å². The van der Waals surface area contributed by atoms with E-state index >= 15 is 0 Å². The van der Waals surface area contributed by atoms with Gasteiger partial charge in [0, 0.05) is 32.9 Å². The molecular weight excluding hydrogens is 288 g/mol. The molecule has 0 spiro atoms. The molecule has 0 aliphatic heterocycles. The van der Waals surface area contributed by atoms with Crippen molar-refractivity contribution in [2.24, 2.45) is 0 Å². The zero-order valence-electron chi connectivity index (χ0n) is 12.4. The number of hydrogen-bond acceptors (Lipinski definition) is 4. The van der Waals surface area contributed by atoms with Crippen molar-refractivity contribution in [1.82, 2.24) is 13.9 Å². The normalized spacial score (nSPS) is 12.0. The minimum absolute atomic E-state index is 0.186. The Morgan fingerprint density at radius 1 is 1.33 bits per heavy atom. The summed E-state index contributed by atoms with van der Waals surface area (Å²) in [6.07, 6.45) is 5.36. The number of nitrogen functional groups attached to an aromatic ring is 1. The van der Waals surface area contributed by atoms with E-state index in [1.54, 1.807) is 18.3 Å². The lowest BCUT2D eigenvalue weighted by atomic mass is 10.2. The number of benzene rings is 1. The second-order valence-electron chi connectivity index (χ2n) is 4.97. The summed E-state index contributed by atoms with van der Waals surface area (Å²) >= 11 is 0. The van der Waals surface area contributed by atoms with E-state index in [1.165, 1.54) is 24.5 Å². The maximum absolute atomic E-state index is 12.1. The van der Waals surface area contributed by atoms with Gasteiger partial charge in [-0.05, 0) is 24.6 Å². The molecule has 6 nitrogen and oxygen atoms in total. The van der Waals surface area contributed by atoms with Gasteiger partial charge in [-0.3, -0.25) is 0 Å². The van der Waals surface area contributed by atoms with Crippen molar-refractivity contribution in [2.75, 3.05) is 19.8 Å². The quantitative estimate of drug-likeness (QED) is 0.852. The van der Waals surface area contributed by atoms with Crippen molar-refractivity contribution in [3.8, 4) is 5.69 Å². The molecule has 0 bridgehead atoms. The number of rotatable bonds is 5. The molecule has 21 heavy (non-hydrogen) atoms. The molecule has 1 aromatic heterocycles. The van der Waals surface area contributed by atoms with Crippen LogP contribution in [-0.4, -0.2) is 36.4 Å². The Morgan fingerprint density at radius 3 is 2.62 bits per heavy atom. The second-order valence-corrected chi connectivity index (χ2v) is 7.12. The van der Waals surface area contributed by atoms with Gasteiger partial charge in [0.15, 0.2) is 0 Å². The van der Waals surface area contributed by atoms with Gasteiger partial charge in [0.05, 0.1) is 16.3 Å². The topological polar surface area (TPSA) is 81.2 Å². The number of aryl methyl sites for hydroxylation is 1. The van der Waals surface area contributed by atoms with Crippen LogP contribution in [0.4, 0.5) is 5.69 Å². The van der Waals surface area contributed by atoms with E-state index in [0.29, 0.717) is 5.69 Å². The number of anilines is 1. The standard InChI is InChI=1S/C14H20N4O2S/c1-4-5-14-16-8-9-18(14)13-7-6-11(10-12(13)15)21(19,20)17(2)3/h6-10H,4-5,15H2,1-3H3. The molecule has 1 heterocycles. The molecule has 0 saturated carbocycles. The lowest BCUT2D eigenvalue weighted by Crippen LogP contribution is -2.22. The van der Waals surface area contributed by atoms with Crippen LogP contribution < -0.4 is 5.73 Å². The molecule has 0 radical (unpaired) electrons. The van der Waals surface area contributed by atoms with Crippen molar-refractivity contribution >= 4 is 15.7 Å². The van der Waals surface area contributed by atoms with Crippen LogP contribution >= 0.6 is 0 Å². The van der Waals surface area contributed by atoms with Gasteiger partial charge in [-0.1, -0.05) is 6.92 Å². The highest BCUT2D eigenvalue weighted by Gasteiger charge is 2.18. The van der Waals surface area contributed by atoms with E-state index in [-0.39, 0.29) is 4.90 Å². The number of nitrogens with zero attached hydrogens (tertiary/aromatic N) is 3. The Balaban J connectivity index is 2.47. The van der Waals surface area contributed by atoms with Crippen LogP contribution in [0.3, 0.4) is 0 Å². The maximum atomic E-state index is 12.1. The summed E-state index contributed by atoms with van der Waals surface area (Å²) in [5.41, 5.74) is 7.20. The Morgan fingerprint density at radius 2 is 2.05 bits per heavy atom. The van der Waals surface area contributed by atoms with Crippen LogP contribution in [0.25, 0.3) is 5.69 Å². The molecule has 0 fully saturated rings. The summed E-state index contributed by atoms with van der Waals surface area (Å²) in [5, 5.41) is 0. The van der Waals surface area contributed by atoms with E-state index in [4.69, 9.17) is 5.73 Å². The first-order valence-electron chi connectivity index (χ1n) is 6.72. The maximum Gasteiger partial charge on any atom is 0.242 e. The summed E-state index contributed by atoms with van der Waals surface area (Å²) in [7, 11) is -0.487. The molecule has 1 aromatic carbocycles. The minimum Gasteiger partial charge on any atom is -0.397 e. The van der Waals surface area contributed by atoms with Gasteiger partial charge in [0.1, 0.15) is 5.82 Å². The predicted molar refractivity (Wildman–Crippen MR) is 82.8 cm³/mol. The fourth-order valence-corrected chi connectivity index (χ4v) is 3.02. The number of imidazole rings is 1. The zero-order chi connectivity index (χ0) is 15.6. The molecule has 0 amide bonds. The number of hydrogen-bond donors (Lipinski definition) is 1. The summed E-state index contributed by atoms with van der Waals surface area (Å²) in [6.45, 7) is 2.08. The van der Waals surface area contributed by atoms with Crippen molar-refractivity contribution in [3.63, 3.8) is 0 Å². The van der Waals surface area contributed by atoms with Crippen molar-refractivity contribution < 1.29 is 8.42 Å². The first-order chi connectivity index (χ1) is 9.87. The minimum atomic E-state index is -3.48. The lowest BCUT2D eigenvalue weighted by Gasteiger charge is -2.14. The summed E-state index contributed by atoms with van der Waals surface area (Å²) in [5.74, 6) is 0.910. The highest BCUT2D eigenvalue weighted by molar-refractivity contribution is 7.89. The fraction of sp³-hybridized carbons (Fsp3) is 0.357. The van der Waals surface area contributed by atoms with E-state index in [2.05, 4.69) is 11.9 Å². The Kier molecular flexibility index (Phi) is 4.34. The molecule has 0 aliphatic rings. The van der Waals surface area contributed by atoms with E-state index < -0.39 is 10.0 Å². The predicted octanol–water partition coefficient (Wildman–Crippen LogP) is 1.66. The Hall–Kier alpha value is -1.86. The Labute approximate surface area is 125 Å². The largest absolute Gasteiger partial charge is 0.397 e. The zero-order valence-corrected chi connectivity index (χ0v) is 13.3. The summed E-state index contributed by atoms with van der Waals surface area (Å²) < 4.78 is 27.3. The molecule has 7 heteroatoms. The number of aromatic nitrogens is 2.